The number of aromatic nitrogens is 2. The van der Waals surface area contributed by atoms with Gasteiger partial charge in [0.1, 0.15) is 23.3 Å². The van der Waals surface area contributed by atoms with Crippen LogP contribution in [0.25, 0.3) is 11.3 Å². The molecule has 0 spiro atoms. The van der Waals surface area contributed by atoms with Crippen molar-refractivity contribution >= 4 is 34.8 Å². The molecule has 2 aliphatic rings. The van der Waals surface area contributed by atoms with Crippen molar-refractivity contribution in [2.75, 3.05) is 18.4 Å². The number of piperazine rings is 1. The first-order valence-electron chi connectivity index (χ1n) is 13.5. The van der Waals surface area contributed by atoms with Crippen molar-refractivity contribution in [1.29, 1.82) is 5.41 Å². The Bertz CT molecular complexity index is 1710. The van der Waals surface area contributed by atoms with E-state index in [4.69, 9.17) is 17.0 Å². The van der Waals surface area contributed by atoms with Crippen LogP contribution >= 0.6 is 11.6 Å². The Morgan fingerprint density at radius 1 is 0.977 bits per heavy atom. The molecule has 1 fully saturated rings. The van der Waals surface area contributed by atoms with Crippen molar-refractivity contribution in [3.8, 4) is 11.3 Å². The van der Waals surface area contributed by atoms with Gasteiger partial charge in [0.15, 0.2) is 0 Å². The SMILES string of the molecule is C.CC1CN(C(=N)c2ccc(Nc3ncc4c(n3)-c3ccc(Cl)cc3C(c3c(F)cccc3F)=NC4)cc2F)CC(C)N1. The second-order valence-corrected chi connectivity index (χ2v) is 11.0. The average molecular weight is 606 g/mol. The summed E-state index contributed by atoms with van der Waals surface area (Å²) in [6, 6.07) is 13.6. The minimum Gasteiger partial charge on any atom is -0.353 e. The number of anilines is 2. The first-order valence-corrected chi connectivity index (χ1v) is 13.9. The van der Waals surface area contributed by atoms with Crippen LogP contribution in [0, 0.1) is 22.9 Å². The summed E-state index contributed by atoms with van der Waals surface area (Å²) >= 11 is 6.30. The number of fused-ring (bicyclic) bond motifs is 3. The van der Waals surface area contributed by atoms with Crippen LogP contribution < -0.4 is 10.6 Å². The van der Waals surface area contributed by atoms with Crippen molar-refractivity contribution in [1.82, 2.24) is 20.2 Å². The van der Waals surface area contributed by atoms with Crippen molar-refractivity contribution < 1.29 is 13.2 Å². The van der Waals surface area contributed by atoms with E-state index < -0.39 is 17.5 Å². The van der Waals surface area contributed by atoms with Crippen LogP contribution in [0.2, 0.25) is 5.02 Å². The third-order valence-electron chi connectivity index (χ3n) is 7.32. The summed E-state index contributed by atoms with van der Waals surface area (Å²) in [7, 11) is 0. The molecule has 2 aliphatic heterocycles. The number of benzene rings is 3. The molecule has 6 rings (SSSR count). The van der Waals surface area contributed by atoms with Gasteiger partial charge in [0.2, 0.25) is 5.95 Å². The van der Waals surface area contributed by atoms with Crippen molar-refractivity contribution in [2.45, 2.75) is 39.9 Å². The third-order valence-corrected chi connectivity index (χ3v) is 7.55. The van der Waals surface area contributed by atoms with Crippen molar-refractivity contribution in [3.05, 3.63) is 106 Å². The maximum absolute atomic E-state index is 15.2. The Hall–Kier alpha value is -4.28. The van der Waals surface area contributed by atoms with E-state index >= 15 is 4.39 Å². The van der Waals surface area contributed by atoms with Crippen molar-refractivity contribution in [3.63, 3.8) is 0 Å². The summed E-state index contributed by atoms with van der Waals surface area (Å²) in [5.41, 5.74) is 2.66. The van der Waals surface area contributed by atoms with E-state index in [1.165, 1.54) is 24.3 Å². The molecule has 222 valence electrons. The molecule has 3 heterocycles. The molecule has 0 amide bonds. The lowest BCUT2D eigenvalue weighted by Gasteiger charge is -2.37. The van der Waals surface area contributed by atoms with E-state index in [0.717, 1.165) is 0 Å². The minimum absolute atomic E-state index is 0. The van der Waals surface area contributed by atoms with Crippen LogP contribution in [0.3, 0.4) is 0 Å². The summed E-state index contributed by atoms with van der Waals surface area (Å²) < 4.78 is 44.8. The standard InChI is InChI=1S/C31H27ClF3N7.CH4/c1-16-14-42(15-17(2)39-16)30(36)22-9-7-20(11-26(22)35)40-31-38-13-18-12-37-29(27-24(33)4-3-5-25(27)34)23-10-19(32)6-8-21(23)28(18)41-31;/h3-11,13,16-17,36,39H,12,14-15H2,1-2H3,(H,38,40,41);1H4. The lowest BCUT2D eigenvalue weighted by Crippen LogP contribution is -2.55. The molecule has 1 aromatic heterocycles. The van der Waals surface area contributed by atoms with Crippen LogP contribution in [0.1, 0.15) is 43.5 Å². The highest BCUT2D eigenvalue weighted by Gasteiger charge is 2.27. The average Bonchev–Trinajstić information content (AvgIpc) is 3.09. The smallest absolute Gasteiger partial charge is 0.227 e. The number of hydrogen-bond donors (Lipinski definition) is 3. The summed E-state index contributed by atoms with van der Waals surface area (Å²) in [6.45, 7) is 5.40. The Balaban J connectivity index is 0.00000368. The third kappa shape index (κ3) is 5.98. The highest BCUT2D eigenvalue weighted by molar-refractivity contribution is 6.31. The summed E-state index contributed by atoms with van der Waals surface area (Å²) in [5, 5.41) is 15.4. The molecular formula is C32H31ClF3N7. The molecule has 0 aliphatic carbocycles. The fraction of sp³-hybridized carbons (Fsp3) is 0.250. The van der Waals surface area contributed by atoms with Crippen LogP contribution in [-0.4, -0.2) is 51.6 Å². The lowest BCUT2D eigenvalue weighted by atomic mass is 9.95. The molecule has 3 N–H and O–H groups in total. The van der Waals surface area contributed by atoms with Gasteiger partial charge in [-0.1, -0.05) is 31.2 Å². The lowest BCUT2D eigenvalue weighted by molar-refractivity contribution is 0.254. The highest BCUT2D eigenvalue weighted by atomic mass is 35.5. The van der Waals surface area contributed by atoms with Gasteiger partial charge in [0.05, 0.1) is 29.1 Å². The predicted octanol–water partition coefficient (Wildman–Crippen LogP) is 6.95. The van der Waals surface area contributed by atoms with Crippen LogP contribution in [0.5, 0.6) is 0 Å². The largest absolute Gasteiger partial charge is 0.353 e. The van der Waals surface area contributed by atoms with Crippen molar-refractivity contribution in [2.24, 2.45) is 4.99 Å². The number of nitrogens with zero attached hydrogens (tertiary/aromatic N) is 4. The van der Waals surface area contributed by atoms with Gasteiger partial charge >= 0.3 is 0 Å². The summed E-state index contributed by atoms with van der Waals surface area (Å²) in [5.74, 6) is -1.68. The van der Waals surface area contributed by atoms with Gasteiger partial charge < -0.3 is 15.5 Å². The Labute approximate surface area is 253 Å². The second kappa shape index (κ2) is 12.1. The number of rotatable bonds is 4. The molecule has 0 radical (unpaired) electrons. The van der Waals surface area contributed by atoms with Gasteiger partial charge in [0.25, 0.3) is 0 Å². The molecule has 1 saturated heterocycles. The summed E-state index contributed by atoms with van der Waals surface area (Å²) in [4.78, 5) is 15.5. The molecule has 11 heteroatoms. The van der Waals surface area contributed by atoms with Gasteiger partial charge in [0, 0.05) is 58.8 Å². The zero-order chi connectivity index (χ0) is 29.5. The number of halogens is 4. The van der Waals surface area contributed by atoms with Gasteiger partial charge in [-0.15, -0.1) is 0 Å². The monoisotopic (exact) mass is 605 g/mol. The second-order valence-electron chi connectivity index (χ2n) is 10.6. The van der Waals surface area contributed by atoms with Gasteiger partial charge in [-0.05, 0) is 56.3 Å². The Kier molecular flexibility index (Phi) is 8.52. The van der Waals surface area contributed by atoms with E-state index in [1.54, 1.807) is 36.5 Å². The fourth-order valence-corrected chi connectivity index (χ4v) is 5.69. The fourth-order valence-electron chi connectivity index (χ4n) is 5.52. The number of amidine groups is 1. The number of aliphatic imine (C=N–C) groups is 1. The summed E-state index contributed by atoms with van der Waals surface area (Å²) in [6.07, 6.45) is 1.58. The Morgan fingerprint density at radius 2 is 1.70 bits per heavy atom. The van der Waals surface area contributed by atoms with E-state index in [0.29, 0.717) is 46.2 Å². The van der Waals surface area contributed by atoms with Crippen LogP contribution in [-0.2, 0) is 6.54 Å². The number of hydrogen-bond acceptors (Lipinski definition) is 6. The first-order chi connectivity index (χ1) is 20.2. The zero-order valence-corrected chi connectivity index (χ0v) is 23.6. The highest BCUT2D eigenvalue weighted by Crippen LogP contribution is 2.35. The molecular weight excluding hydrogens is 575 g/mol. The first kappa shape index (κ1) is 30.2. The molecule has 4 aromatic rings. The topological polar surface area (TPSA) is 89.3 Å². The number of nitrogens with one attached hydrogen (secondary N) is 3. The quantitative estimate of drug-likeness (QED) is 0.173. The molecule has 43 heavy (non-hydrogen) atoms. The van der Waals surface area contributed by atoms with Gasteiger partial charge in [-0.25, -0.2) is 23.1 Å². The van der Waals surface area contributed by atoms with Gasteiger partial charge in [-0.3, -0.25) is 10.4 Å². The Morgan fingerprint density at radius 3 is 2.40 bits per heavy atom. The normalized spacial score (nSPS) is 17.6. The minimum atomic E-state index is -0.737. The molecule has 0 saturated carbocycles. The maximum Gasteiger partial charge on any atom is 0.227 e. The molecule has 0 bridgehead atoms. The molecule has 2 unspecified atom stereocenters. The van der Waals surface area contributed by atoms with E-state index in [9.17, 15) is 8.78 Å². The molecule has 2 atom stereocenters. The predicted molar refractivity (Wildman–Crippen MR) is 165 cm³/mol. The van der Waals surface area contributed by atoms with Gasteiger partial charge in [-0.2, -0.15) is 0 Å². The van der Waals surface area contributed by atoms with Crippen LogP contribution in [0.15, 0.2) is 65.8 Å². The molecule has 3 aromatic carbocycles. The maximum atomic E-state index is 15.2. The molecule has 7 nitrogen and oxygen atoms in total. The van der Waals surface area contributed by atoms with E-state index in [1.807, 2.05) is 18.7 Å². The van der Waals surface area contributed by atoms with E-state index in [-0.39, 0.29) is 54.7 Å². The van der Waals surface area contributed by atoms with E-state index in [2.05, 4.69) is 25.6 Å². The zero-order valence-electron chi connectivity index (χ0n) is 22.9. The van der Waals surface area contributed by atoms with Crippen LogP contribution in [0.4, 0.5) is 24.8 Å².